The minimum atomic E-state index is -0.862. The molecular weight excluding hydrogens is 246 g/mol. The molecule has 1 saturated carbocycles. The second-order valence-electron chi connectivity index (χ2n) is 4.59. The summed E-state index contributed by atoms with van der Waals surface area (Å²) in [5.74, 6) is -0.943. The van der Waals surface area contributed by atoms with Gasteiger partial charge in [0.2, 0.25) is 0 Å². The van der Waals surface area contributed by atoms with Gasteiger partial charge < -0.3 is 15.7 Å². The third-order valence-corrected chi connectivity index (χ3v) is 3.01. The molecule has 0 aliphatic heterocycles. The second-order valence-corrected chi connectivity index (χ2v) is 4.59. The summed E-state index contributed by atoms with van der Waals surface area (Å²) in [6, 6.07) is 2.65. The van der Waals surface area contributed by atoms with E-state index in [4.69, 9.17) is 5.11 Å². The lowest BCUT2D eigenvalue weighted by Gasteiger charge is -2.15. The molecular formula is C13H17N3O3. The number of anilines is 1. The van der Waals surface area contributed by atoms with Crippen molar-refractivity contribution >= 4 is 17.6 Å². The van der Waals surface area contributed by atoms with Crippen LogP contribution in [0.1, 0.15) is 30.3 Å². The van der Waals surface area contributed by atoms with E-state index >= 15 is 0 Å². The Bertz CT molecular complexity index is 486. The van der Waals surface area contributed by atoms with Crippen LogP contribution in [0.25, 0.3) is 0 Å². The van der Waals surface area contributed by atoms with Crippen molar-refractivity contribution in [2.24, 2.45) is 5.92 Å². The maximum Gasteiger partial charge on any atom is 0.326 e. The van der Waals surface area contributed by atoms with Gasteiger partial charge in [-0.05, 0) is 37.8 Å². The number of nitrogens with zero attached hydrogens (tertiary/aromatic N) is 1. The van der Waals surface area contributed by atoms with E-state index in [-0.39, 0.29) is 17.5 Å². The molecule has 0 spiro atoms. The van der Waals surface area contributed by atoms with Gasteiger partial charge in [0, 0.05) is 18.4 Å². The number of nitrogens with one attached hydrogen (secondary N) is 2. The number of rotatable bonds is 6. The van der Waals surface area contributed by atoms with Crippen LogP contribution in [0, 0.1) is 5.92 Å². The Morgan fingerprint density at radius 1 is 1.53 bits per heavy atom. The minimum Gasteiger partial charge on any atom is -0.480 e. The van der Waals surface area contributed by atoms with Crippen LogP contribution < -0.4 is 10.6 Å². The first-order valence-electron chi connectivity index (χ1n) is 6.35. The van der Waals surface area contributed by atoms with Gasteiger partial charge in [0.05, 0.1) is 0 Å². The van der Waals surface area contributed by atoms with Crippen molar-refractivity contribution in [3.63, 3.8) is 0 Å². The SMILES string of the molecule is CCNC(=O)c1cc(NC(C(=O)O)C2CC2)ccn1. The fourth-order valence-electron chi connectivity index (χ4n) is 1.89. The molecule has 19 heavy (non-hydrogen) atoms. The predicted molar refractivity (Wildman–Crippen MR) is 70.0 cm³/mol. The number of hydrogen-bond acceptors (Lipinski definition) is 4. The molecule has 2 rings (SSSR count). The zero-order valence-corrected chi connectivity index (χ0v) is 10.7. The monoisotopic (exact) mass is 263 g/mol. The number of carboxylic acids is 1. The van der Waals surface area contributed by atoms with E-state index in [1.807, 2.05) is 6.92 Å². The molecule has 1 aromatic heterocycles. The van der Waals surface area contributed by atoms with E-state index in [2.05, 4.69) is 15.6 Å². The molecule has 1 unspecified atom stereocenters. The zero-order valence-electron chi connectivity index (χ0n) is 10.7. The second kappa shape index (κ2) is 5.69. The van der Waals surface area contributed by atoms with Gasteiger partial charge in [-0.25, -0.2) is 4.79 Å². The Balaban J connectivity index is 2.09. The fourth-order valence-corrected chi connectivity index (χ4v) is 1.89. The van der Waals surface area contributed by atoms with E-state index in [0.29, 0.717) is 12.2 Å². The Hall–Kier alpha value is -2.11. The molecule has 1 heterocycles. The highest BCUT2D eigenvalue weighted by Crippen LogP contribution is 2.34. The highest BCUT2D eigenvalue weighted by molar-refractivity contribution is 5.93. The van der Waals surface area contributed by atoms with Crippen LogP contribution >= 0.6 is 0 Å². The average Bonchev–Trinajstić information content (AvgIpc) is 3.20. The molecule has 1 aliphatic carbocycles. The summed E-state index contributed by atoms with van der Waals surface area (Å²) in [6.07, 6.45) is 3.36. The van der Waals surface area contributed by atoms with Gasteiger partial charge in [-0.15, -0.1) is 0 Å². The number of hydrogen-bond donors (Lipinski definition) is 3. The van der Waals surface area contributed by atoms with E-state index in [1.54, 1.807) is 12.1 Å². The summed E-state index contributed by atoms with van der Waals surface area (Å²) >= 11 is 0. The molecule has 0 aromatic carbocycles. The molecule has 0 radical (unpaired) electrons. The first kappa shape index (κ1) is 13.3. The predicted octanol–water partition coefficient (Wildman–Crippen LogP) is 1.11. The number of carbonyl (C=O) groups excluding carboxylic acids is 1. The van der Waals surface area contributed by atoms with Crippen LogP contribution in [0.5, 0.6) is 0 Å². The quantitative estimate of drug-likeness (QED) is 0.715. The lowest BCUT2D eigenvalue weighted by atomic mass is 10.1. The molecule has 0 bridgehead atoms. The van der Waals surface area contributed by atoms with Crippen LogP contribution in [0.4, 0.5) is 5.69 Å². The zero-order chi connectivity index (χ0) is 13.8. The molecule has 1 aliphatic rings. The number of amides is 1. The Labute approximate surface area is 111 Å². The lowest BCUT2D eigenvalue weighted by Crippen LogP contribution is -2.31. The van der Waals surface area contributed by atoms with Crippen molar-refractivity contribution in [1.82, 2.24) is 10.3 Å². The van der Waals surface area contributed by atoms with Crippen molar-refractivity contribution in [2.45, 2.75) is 25.8 Å². The summed E-state index contributed by atoms with van der Waals surface area (Å²) < 4.78 is 0. The topological polar surface area (TPSA) is 91.3 Å². The highest BCUT2D eigenvalue weighted by Gasteiger charge is 2.36. The van der Waals surface area contributed by atoms with Crippen LogP contribution in [0.2, 0.25) is 0 Å². The van der Waals surface area contributed by atoms with Gasteiger partial charge in [-0.2, -0.15) is 0 Å². The molecule has 102 valence electrons. The first-order chi connectivity index (χ1) is 9.11. The maximum atomic E-state index is 11.6. The van der Waals surface area contributed by atoms with Crippen molar-refractivity contribution in [3.05, 3.63) is 24.0 Å². The number of aliphatic carboxylic acids is 1. The molecule has 1 atom stereocenters. The molecule has 6 nitrogen and oxygen atoms in total. The van der Waals surface area contributed by atoms with E-state index in [9.17, 15) is 9.59 Å². The summed E-state index contributed by atoms with van der Waals surface area (Å²) in [5, 5.41) is 14.8. The summed E-state index contributed by atoms with van der Waals surface area (Å²) in [6.45, 7) is 2.35. The van der Waals surface area contributed by atoms with E-state index in [1.165, 1.54) is 6.20 Å². The summed E-state index contributed by atoms with van der Waals surface area (Å²) in [4.78, 5) is 26.8. The van der Waals surface area contributed by atoms with Crippen LogP contribution in [0.3, 0.4) is 0 Å². The van der Waals surface area contributed by atoms with Gasteiger partial charge in [0.1, 0.15) is 11.7 Å². The number of aromatic nitrogens is 1. The Morgan fingerprint density at radius 2 is 2.26 bits per heavy atom. The van der Waals surface area contributed by atoms with E-state index in [0.717, 1.165) is 12.8 Å². The van der Waals surface area contributed by atoms with Gasteiger partial charge >= 0.3 is 5.97 Å². The Morgan fingerprint density at radius 3 is 2.84 bits per heavy atom. The van der Waals surface area contributed by atoms with Crippen LogP contribution in [0.15, 0.2) is 18.3 Å². The van der Waals surface area contributed by atoms with Crippen molar-refractivity contribution in [1.29, 1.82) is 0 Å². The van der Waals surface area contributed by atoms with Crippen molar-refractivity contribution < 1.29 is 14.7 Å². The van der Waals surface area contributed by atoms with Gasteiger partial charge in [0.25, 0.3) is 5.91 Å². The molecule has 0 saturated heterocycles. The van der Waals surface area contributed by atoms with E-state index < -0.39 is 12.0 Å². The van der Waals surface area contributed by atoms with Gasteiger partial charge in [-0.1, -0.05) is 0 Å². The molecule has 6 heteroatoms. The largest absolute Gasteiger partial charge is 0.480 e. The summed E-state index contributed by atoms with van der Waals surface area (Å²) in [7, 11) is 0. The normalized spacial score (nSPS) is 15.6. The van der Waals surface area contributed by atoms with Crippen LogP contribution in [-0.4, -0.2) is 34.6 Å². The fraction of sp³-hybridized carbons (Fsp3) is 0.462. The van der Waals surface area contributed by atoms with Crippen molar-refractivity contribution in [2.75, 3.05) is 11.9 Å². The first-order valence-corrected chi connectivity index (χ1v) is 6.35. The van der Waals surface area contributed by atoms with Crippen LogP contribution in [-0.2, 0) is 4.79 Å². The third-order valence-electron chi connectivity index (χ3n) is 3.01. The molecule has 1 fully saturated rings. The molecule has 1 aromatic rings. The molecule has 3 N–H and O–H groups in total. The number of carboxylic acid groups (broad SMARTS) is 1. The maximum absolute atomic E-state index is 11.6. The van der Waals surface area contributed by atoms with Crippen molar-refractivity contribution in [3.8, 4) is 0 Å². The van der Waals surface area contributed by atoms with Gasteiger partial charge in [0.15, 0.2) is 0 Å². The lowest BCUT2D eigenvalue weighted by molar-refractivity contribution is -0.138. The highest BCUT2D eigenvalue weighted by atomic mass is 16.4. The minimum absolute atomic E-state index is 0.179. The summed E-state index contributed by atoms with van der Waals surface area (Å²) in [5.41, 5.74) is 0.891. The number of carbonyl (C=O) groups is 2. The standard InChI is InChI=1S/C13H17N3O3/c1-2-14-12(17)10-7-9(5-6-15-10)16-11(13(18)19)8-3-4-8/h5-8,11H,2-4H2,1H3,(H,14,17)(H,15,16)(H,18,19). The third kappa shape index (κ3) is 3.43. The van der Waals surface area contributed by atoms with Gasteiger partial charge in [-0.3, -0.25) is 9.78 Å². The Kier molecular flexibility index (Phi) is 3.99. The number of pyridine rings is 1. The average molecular weight is 263 g/mol. The molecule has 1 amide bonds. The smallest absolute Gasteiger partial charge is 0.326 e.